The number of likely N-dealkylation sites (N-methyl/N-ethyl adjacent to an activating group) is 1. The molecule has 3 saturated heterocycles. The van der Waals surface area contributed by atoms with Gasteiger partial charge in [-0.2, -0.15) is 0 Å². The molecule has 3 aliphatic rings. The van der Waals surface area contributed by atoms with Crippen molar-refractivity contribution in [1.82, 2.24) is 41.3 Å². The van der Waals surface area contributed by atoms with Crippen LogP contribution in [0.15, 0.2) is 54.6 Å². The first-order chi connectivity index (χ1) is 33.6. The fraction of sp³-hybridized carbons (Fsp3) is 0.596. The van der Waals surface area contributed by atoms with Crippen molar-refractivity contribution in [2.75, 3.05) is 20.1 Å². The molecule has 388 valence electrons. The van der Waals surface area contributed by atoms with Crippen LogP contribution in [0.25, 0.3) is 0 Å². The Morgan fingerprint density at radius 2 is 1.20 bits per heavy atom. The molecule has 9 unspecified atom stereocenters. The standard InChI is InChI=1S/C52H74N8O11/c1-29(2)25-37-46(64)57-43(31(5)6)51(69)60-24-14-18-41(60)50(68)59-23-13-17-40(59)47(65)56-39(26-30(3)4)49(67)58(9)42(28-35-19-21-36(62)22-20-35)52(70)71-32(7)44(53-33(8)61)48(66)55-38(45(63)54-37)27-34-15-11-10-12-16-34/h10-12,15-16,19-22,29-32,37-44,62H,13-14,17-18,23-28H2,1-9H3,(H,53,61)(H,54,63)(H,55,66)(H,56,65)(H,57,64). The molecule has 0 aliphatic carbocycles. The van der Waals surface area contributed by atoms with E-state index in [4.69, 9.17) is 4.74 Å². The van der Waals surface area contributed by atoms with E-state index in [1.54, 1.807) is 56.3 Å². The predicted octanol–water partition coefficient (Wildman–Crippen LogP) is 2.12. The molecule has 0 spiro atoms. The van der Waals surface area contributed by atoms with Crippen molar-refractivity contribution in [3.8, 4) is 5.75 Å². The minimum Gasteiger partial charge on any atom is -0.508 e. The number of amides is 8. The summed E-state index contributed by atoms with van der Waals surface area (Å²) < 4.78 is 5.97. The third-order valence-corrected chi connectivity index (χ3v) is 13.3. The van der Waals surface area contributed by atoms with Gasteiger partial charge in [-0.1, -0.05) is 84.0 Å². The molecule has 3 heterocycles. The number of phenols is 1. The molecule has 9 atom stereocenters. The quantitative estimate of drug-likeness (QED) is 0.188. The summed E-state index contributed by atoms with van der Waals surface area (Å²) in [5, 5.41) is 23.9. The van der Waals surface area contributed by atoms with Gasteiger partial charge in [0, 0.05) is 39.9 Å². The lowest BCUT2D eigenvalue weighted by Crippen LogP contribution is -2.61. The lowest BCUT2D eigenvalue weighted by Gasteiger charge is -2.35. The fourth-order valence-corrected chi connectivity index (χ4v) is 9.56. The smallest absolute Gasteiger partial charge is 0.329 e. The molecule has 0 saturated carbocycles. The number of fused-ring (bicyclic) bond motifs is 2. The zero-order valence-electron chi connectivity index (χ0n) is 42.6. The molecule has 2 aromatic rings. The number of rotatable bonds is 10. The Morgan fingerprint density at radius 1 is 0.662 bits per heavy atom. The van der Waals surface area contributed by atoms with Gasteiger partial charge in [-0.3, -0.25) is 38.4 Å². The minimum absolute atomic E-state index is 0.0353. The van der Waals surface area contributed by atoms with Gasteiger partial charge in [0.15, 0.2) is 0 Å². The summed E-state index contributed by atoms with van der Waals surface area (Å²) in [4.78, 5) is 133. The number of carbonyl (C=O) groups excluding carboxylic acids is 9. The van der Waals surface area contributed by atoms with Crippen LogP contribution in [0.1, 0.15) is 105 Å². The van der Waals surface area contributed by atoms with Gasteiger partial charge in [-0.25, -0.2) is 4.79 Å². The normalized spacial score (nSPS) is 27.0. The summed E-state index contributed by atoms with van der Waals surface area (Å²) in [6.45, 7) is 14.0. The number of nitrogens with one attached hydrogen (secondary N) is 5. The van der Waals surface area contributed by atoms with Gasteiger partial charge in [0.25, 0.3) is 0 Å². The zero-order valence-corrected chi connectivity index (χ0v) is 42.6. The monoisotopic (exact) mass is 987 g/mol. The van der Waals surface area contributed by atoms with E-state index < -0.39 is 114 Å². The van der Waals surface area contributed by atoms with Crippen molar-refractivity contribution in [3.63, 3.8) is 0 Å². The Kier molecular flexibility index (Phi) is 19.5. The SMILES string of the molecule is CC(=O)NC1C(=O)NC(Cc2ccccc2)C(=O)NC(CC(C)C)C(=O)NC(C(C)C)C(=O)N2CCCC2C(=O)N2CCCC2C(=O)NC(CC(C)C)C(=O)N(C)C(Cc2ccc(O)cc2)C(=O)OC1C. The van der Waals surface area contributed by atoms with Gasteiger partial charge >= 0.3 is 5.97 Å². The minimum atomic E-state index is -1.57. The highest BCUT2D eigenvalue weighted by Gasteiger charge is 2.46. The van der Waals surface area contributed by atoms with Gasteiger partial charge in [0.2, 0.25) is 47.3 Å². The molecule has 3 fully saturated rings. The average molecular weight is 987 g/mol. The third-order valence-electron chi connectivity index (χ3n) is 13.3. The molecule has 8 amide bonds. The molecule has 3 aliphatic heterocycles. The molecule has 0 radical (unpaired) electrons. The Balaban J connectivity index is 1.61. The van der Waals surface area contributed by atoms with Gasteiger partial charge in [-0.15, -0.1) is 0 Å². The lowest BCUT2D eigenvalue weighted by atomic mass is 9.98. The molecule has 0 aromatic heterocycles. The Labute approximate surface area is 416 Å². The van der Waals surface area contributed by atoms with Gasteiger partial charge in [0.1, 0.15) is 60.2 Å². The molecule has 19 nitrogen and oxygen atoms in total. The van der Waals surface area contributed by atoms with E-state index in [1.807, 2.05) is 27.7 Å². The van der Waals surface area contributed by atoms with Crippen molar-refractivity contribution in [2.45, 2.75) is 161 Å². The second-order valence-corrected chi connectivity index (χ2v) is 20.4. The highest BCUT2D eigenvalue weighted by Crippen LogP contribution is 2.27. The van der Waals surface area contributed by atoms with Crippen LogP contribution in [-0.2, 0) is 60.7 Å². The number of esters is 1. The van der Waals surface area contributed by atoms with Gasteiger partial charge in [0.05, 0.1) is 0 Å². The molecule has 2 aromatic carbocycles. The second kappa shape index (κ2) is 25.0. The van der Waals surface area contributed by atoms with Crippen LogP contribution in [0.3, 0.4) is 0 Å². The Morgan fingerprint density at radius 3 is 1.79 bits per heavy atom. The molecular formula is C52H74N8O11. The van der Waals surface area contributed by atoms with Gasteiger partial charge < -0.3 is 51.1 Å². The maximum Gasteiger partial charge on any atom is 0.329 e. The number of aromatic hydroxyl groups is 1. The van der Waals surface area contributed by atoms with Crippen molar-refractivity contribution in [2.24, 2.45) is 17.8 Å². The van der Waals surface area contributed by atoms with E-state index in [0.717, 1.165) is 4.90 Å². The highest BCUT2D eigenvalue weighted by molar-refractivity contribution is 5.98. The van der Waals surface area contributed by atoms with E-state index in [-0.39, 0.29) is 56.4 Å². The second-order valence-electron chi connectivity index (χ2n) is 20.4. The van der Waals surface area contributed by atoms with Crippen LogP contribution < -0.4 is 26.6 Å². The molecular weight excluding hydrogens is 913 g/mol. The van der Waals surface area contributed by atoms with Gasteiger partial charge in [-0.05, 0) is 86.5 Å². The predicted molar refractivity (Wildman–Crippen MR) is 263 cm³/mol. The molecule has 6 N–H and O–H groups in total. The first kappa shape index (κ1) is 55.4. The number of phenolic OH excluding ortho intramolecular Hbond substituents is 1. The summed E-state index contributed by atoms with van der Waals surface area (Å²) in [6, 6.07) is 5.16. The van der Waals surface area contributed by atoms with Crippen molar-refractivity contribution in [3.05, 3.63) is 65.7 Å². The largest absolute Gasteiger partial charge is 0.508 e. The number of hydrogen-bond acceptors (Lipinski definition) is 11. The molecule has 19 heteroatoms. The van der Waals surface area contributed by atoms with E-state index in [9.17, 15) is 48.3 Å². The van der Waals surface area contributed by atoms with Crippen molar-refractivity contribution in [1.29, 1.82) is 0 Å². The van der Waals surface area contributed by atoms with Crippen LogP contribution in [0, 0.1) is 17.8 Å². The molecule has 71 heavy (non-hydrogen) atoms. The van der Waals surface area contributed by atoms with E-state index >= 15 is 0 Å². The van der Waals surface area contributed by atoms with Crippen molar-refractivity contribution >= 4 is 53.2 Å². The molecule has 5 rings (SSSR count). The summed E-state index contributed by atoms with van der Waals surface area (Å²) in [6.07, 6.45) is 0.332. The Bertz CT molecular complexity index is 2240. The summed E-state index contributed by atoms with van der Waals surface area (Å²) >= 11 is 0. The van der Waals surface area contributed by atoms with E-state index in [2.05, 4.69) is 26.6 Å². The zero-order chi connectivity index (χ0) is 52.3. The van der Waals surface area contributed by atoms with Crippen LogP contribution in [0.2, 0.25) is 0 Å². The topological polar surface area (TPSA) is 253 Å². The number of carbonyl (C=O) groups is 9. The Hall–Kier alpha value is -6.53. The number of hydrogen-bond donors (Lipinski definition) is 6. The van der Waals surface area contributed by atoms with Crippen LogP contribution >= 0.6 is 0 Å². The van der Waals surface area contributed by atoms with E-state index in [0.29, 0.717) is 36.8 Å². The maximum atomic E-state index is 14.7. The van der Waals surface area contributed by atoms with Crippen LogP contribution in [0.5, 0.6) is 5.75 Å². The number of cyclic esters (lactones) is 1. The third kappa shape index (κ3) is 14.8. The van der Waals surface area contributed by atoms with Crippen LogP contribution in [-0.4, -0.2) is 148 Å². The fourth-order valence-electron chi connectivity index (χ4n) is 9.56. The summed E-state index contributed by atoms with van der Waals surface area (Å²) in [7, 11) is 1.39. The average Bonchev–Trinajstić information content (AvgIpc) is 4.02. The lowest BCUT2D eigenvalue weighted by molar-refractivity contribution is -0.161. The highest BCUT2D eigenvalue weighted by atomic mass is 16.5. The molecule has 0 bridgehead atoms. The summed E-state index contributed by atoms with van der Waals surface area (Å²) in [5.74, 6) is -6.78. The first-order valence-corrected chi connectivity index (χ1v) is 24.9. The van der Waals surface area contributed by atoms with E-state index in [1.165, 1.54) is 42.8 Å². The summed E-state index contributed by atoms with van der Waals surface area (Å²) in [5.41, 5.74) is 1.18. The van der Waals surface area contributed by atoms with Crippen LogP contribution in [0.4, 0.5) is 0 Å². The first-order valence-electron chi connectivity index (χ1n) is 24.9. The van der Waals surface area contributed by atoms with Crippen molar-refractivity contribution < 1.29 is 53.0 Å². The maximum absolute atomic E-state index is 14.7. The number of nitrogens with zero attached hydrogens (tertiary/aromatic N) is 3. The number of ether oxygens (including phenoxy) is 1. The number of benzene rings is 2.